The Morgan fingerprint density at radius 2 is 1.72 bits per heavy atom. The molecule has 6 heteroatoms. The molecule has 1 saturated heterocycles. The summed E-state index contributed by atoms with van der Waals surface area (Å²) in [5.41, 5.74) is 3.36. The van der Waals surface area contributed by atoms with Crippen molar-refractivity contribution in [3.8, 4) is 0 Å². The van der Waals surface area contributed by atoms with Gasteiger partial charge in [-0.25, -0.2) is 0 Å². The number of nitrogens with zero attached hydrogens (tertiary/aromatic N) is 4. The van der Waals surface area contributed by atoms with E-state index < -0.39 is 0 Å². The van der Waals surface area contributed by atoms with Crippen LogP contribution in [0.4, 0.5) is 5.69 Å². The molecule has 1 aromatic heterocycles. The first-order valence-corrected chi connectivity index (χ1v) is 11.2. The lowest BCUT2D eigenvalue weighted by atomic mass is 10.0. The van der Waals surface area contributed by atoms with E-state index in [2.05, 4.69) is 52.7 Å². The maximum Gasteiger partial charge on any atom is 0.255 e. The SMILES string of the molecule is CCCN1CCC(N2CCN(c3ccc(Cl)cc3)CC2)c2cn(CC)cc2C1=O. The van der Waals surface area contributed by atoms with Crippen molar-refractivity contribution in [2.45, 2.75) is 39.3 Å². The number of rotatable bonds is 5. The molecule has 2 aliphatic rings. The summed E-state index contributed by atoms with van der Waals surface area (Å²) in [5.74, 6) is 0.205. The number of hydrogen-bond acceptors (Lipinski definition) is 3. The topological polar surface area (TPSA) is 31.7 Å². The summed E-state index contributed by atoms with van der Waals surface area (Å²) in [7, 11) is 0. The van der Waals surface area contributed by atoms with Crippen LogP contribution >= 0.6 is 11.6 Å². The van der Waals surface area contributed by atoms with Crippen molar-refractivity contribution in [2.24, 2.45) is 0 Å². The summed E-state index contributed by atoms with van der Waals surface area (Å²) < 4.78 is 2.16. The maximum absolute atomic E-state index is 13.1. The van der Waals surface area contributed by atoms with Gasteiger partial charge < -0.3 is 14.4 Å². The van der Waals surface area contributed by atoms with Crippen LogP contribution in [0.3, 0.4) is 0 Å². The van der Waals surface area contributed by atoms with Gasteiger partial charge in [0.1, 0.15) is 0 Å². The molecule has 2 aromatic rings. The number of fused-ring (bicyclic) bond motifs is 1. The van der Waals surface area contributed by atoms with E-state index in [1.54, 1.807) is 0 Å². The minimum atomic E-state index is 0.205. The van der Waals surface area contributed by atoms with Crippen LogP contribution in [0.15, 0.2) is 36.7 Å². The lowest BCUT2D eigenvalue weighted by Crippen LogP contribution is -2.48. The van der Waals surface area contributed by atoms with E-state index in [1.165, 1.54) is 11.3 Å². The van der Waals surface area contributed by atoms with E-state index >= 15 is 0 Å². The number of carbonyl (C=O) groups excluding carboxylic acids is 1. The maximum atomic E-state index is 13.1. The second kappa shape index (κ2) is 8.80. The number of aryl methyl sites for hydroxylation is 1. The van der Waals surface area contributed by atoms with Gasteiger partial charge >= 0.3 is 0 Å². The van der Waals surface area contributed by atoms with Crippen LogP contribution < -0.4 is 4.90 Å². The number of carbonyl (C=O) groups is 1. The van der Waals surface area contributed by atoms with Gasteiger partial charge in [0.2, 0.25) is 0 Å². The Morgan fingerprint density at radius 1 is 1.00 bits per heavy atom. The molecule has 0 N–H and O–H groups in total. The van der Waals surface area contributed by atoms with Gasteiger partial charge in [-0.2, -0.15) is 0 Å². The van der Waals surface area contributed by atoms with Crippen LogP contribution in [0.5, 0.6) is 0 Å². The average molecular weight is 415 g/mol. The summed E-state index contributed by atoms with van der Waals surface area (Å²) in [6, 6.07) is 8.44. The molecular formula is C23H31ClN4O. The first-order valence-electron chi connectivity index (χ1n) is 10.8. The Kier molecular flexibility index (Phi) is 6.16. The smallest absolute Gasteiger partial charge is 0.255 e. The summed E-state index contributed by atoms with van der Waals surface area (Å²) in [6.45, 7) is 10.9. The number of anilines is 1. The van der Waals surface area contributed by atoms with Gasteiger partial charge in [0.05, 0.1) is 5.56 Å². The number of hydrogen-bond donors (Lipinski definition) is 0. The van der Waals surface area contributed by atoms with E-state index in [0.29, 0.717) is 6.04 Å². The molecule has 0 spiro atoms. The molecule has 1 fully saturated rings. The summed E-state index contributed by atoms with van der Waals surface area (Å²) in [5, 5.41) is 0.778. The molecule has 3 heterocycles. The molecule has 1 unspecified atom stereocenters. The quantitative estimate of drug-likeness (QED) is 0.731. The summed E-state index contributed by atoms with van der Waals surface area (Å²) >= 11 is 6.04. The second-order valence-corrected chi connectivity index (χ2v) is 8.49. The van der Waals surface area contributed by atoms with Crippen LogP contribution in [0, 0.1) is 0 Å². The Labute approximate surface area is 178 Å². The number of aromatic nitrogens is 1. The highest BCUT2D eigenvalue weighted by molar-refractivity contribution is 6.30. The third kappa shape index (κ3) is 4.17. The number of benzene rings is 1. The van der Waals surface area contributed by atoms with Crippen LogP contribution in [0.2, 0.25) is 5.02 Å². The molecule has 0 saturated carbocycles. The van der Waals surface area contributed by atoms with Crippen molar-refractivity contribution in [1.82, 2.24) is 14.4 Å². The average Bonchev–Trinajstić information content (AvgIpc) is 3.13. The normalized spacial score (nSPS) is 20.7. The monoisotopic (exact) mass is 414 g/mol. The standard InChI is InChI=1S/C23H31ClN4O/c1-3-10-28-11-9-22(20-16-25(4-2)17-21(20)23(28)29)27-14-12-26(13-15-27)19-7-5-18(24)6-8-19/h5-8,16-17,22H,3-4,9-15H2,1-2H3. The second-order valence-electron chi connectivity index (χ2n) is 8.05. The lowest BCUT2D eigenvalue weighted by molar-refractivity contribution is 0.0751. The van der Waals surface area contributed by atoms with Crippen molar-refractivity contribution in [3.63, 3.8) is 0 Å². The van der Waals surface area contributed by atoms with Gasteiger partial charge in [-0.05, 0) is 49.6 Å². The summed E-state index contributed by atoms with van der Waals surface area (Å²) in [4.78, 5) is 20.2. The highest BCUT2D eigenvalue weighted by Gasteiger charge is 2.33. The number of amides is 1. The van der Waals surface area contributed by atoms with E-state index in [4.69, 9.17) is 11.6 Å². The van der Waals surface area contributed by atoms with E-state index in [9.17, 15) is 4.79 Å². The van der Waals surface area contributed by atoms with Crippen LogP contribution in [-0.4, -0.2) is 59.5 Å². The van der Waals surface area contributed by atoms with Crippen molar-refractivity contribution < 1.29 is 4.79 Å². The van der Waals surface area contributed by atoms with Gasteiger partial charge in [-0.1, -0.05) is 18.5 Å². The number of halogens is 1. The molecule has 4 rings (SSSR count). The minimum Gasteiger partial charge on any atom is -0.369 e. The minimum absolute atomic E-state index is 0.205. The van der Waals surface area contributed by atoms with E-state index in [-0.39, 0.29) is 5.91 Å². The first kappa shape index (κ1) is 20.3. The third-order valence-corrected chi connectivity index (χ3v) is 6.52. The molecule has 29 heavy (non-hydrogen) atoms. The molecule has 0 bridgehead atoms. The molecule has 1 aromatic carbocycles. The molecule has 0 radical (unpaired) electrons. The van der Waals surface area contributed by atoms with Gasteiger partial charge in [-0.3, -0.25) is 9.69 Å². The van der Waals surface area contributed by atoms with Crippen LogP contribution in [0.25, 0.3) is 0 Å². The van der Waals surface area contributed by atoms with Crippen molar-refractivity contribution in [3.05, 3.63) is 52.8 Å². The first-order chi connectivity index (χ1) is 14.1. The Morgan fingerprint density at radius 3 is 2.38 bits per heavy atom. The Balaban J connectivity index is 1.52. The van der Waals surface area contributed by atoms with Gasteiger partial charge in [0.25, 0.3) is 5.91 Å². The van der Waals surface area contributed by atoms with E-state index in [1.807, 2.05) is 17.0 Å². The zero-order valence-electron chi connectivity index (χ0n) is 17.5. The zero-order valence-corrected chi connectivity index (χ0v) is 18.2. The highest BCUT2D eigenvalue weighted by atomic mass is 35.5. The van der Waals surface area contributed by atoms with Gasteiger partial charge in [0, 0.05) is 75.0 Å². The van der Waals surface area contributed by atoms with Gasteiger partial charge in [-0.15, -0.1) is 0 Å². The molecule has 5 nitrogen and oxygen atoms in total. The number of piperazine rings is 1. The van der Waals surface area contributed by atoms with Crippen LogP contribution in [0.1, 0.15) is 48.7 Å². The molecule has 1 atom stereocenters. The van der Waals surface area contributed by atoms with Gasteiger partial charge in [0.15, 0.2) is 0 Å². The lowest BCUT2D eigenvalue weighted by Gasteiger charge is -2.40. The molecule has 156 valence electrons. The summed E-state index contributed by atoms with van der Waals surface area (Å²) in [6.07, 6.45) is 6.27. The third-order valence-electron chi connectivity index (χ3n) is 6.27. The zero-order chi connectivity index (χ0) is 20.4. The van der Waals surface area contributed by atoms with Crippen molar-refractivity contribution in [1.29, 1.82) is 0 Å². The molecular weight excluding hydrogens is 384 g/mol. The molecule has 0 aliphatic carbocycles. The Hall–Kier alpha value is -1.98. The fourth-order valence-electron chi connectivity index (χ4n) is 4.66. The predicted molar refractivity (Wildman–Crippen MR) is 119 cm³/mol. The molecule has 2 aliphatic heterocycles. The largest absolute Gasteiger partial charge is 0.369 e. The molecule has 1 amide bonds. The predicted octanol–water partition coefficient (Wildman–Crippen LogP) is 4.28. The van der Waals surface area contributed by atoms with Crippen LogP contribution in [-0.2, 0) is 6.54 Å². The fourth-order valence-corrected chi connectivity index (χ4v) is 4.79. The van der Waals surface area contributed by atoms with Crippen molar-refractivity contribution in [2.75, 3.05) is 44.2 Å². The van der Waals surface area contributed by atoms with Crippen molar-refractivity contribution >= 4 is 23.2 Å². The highest BCUT2D eigenvalue weighted by Crippen LogP contribution is 2.33. The van der Waals surface area contributed by atoms with E-state index in [0.717, 1.165) is 69.2 Å². The Bertz CT molecular complexity index is 839. The fraction of sp³-hybridized carbons (Fsp3) is 0.522.